The van der Waals surface area contributed by atoms with E-state index in [9.17, 15) is 5.11 Å². The van der Waals surface area contributed by atoms with Gasteiger partial charge in [0.15, 0.2) is 5.82 Å². The van der Waals surface area contributed by atoms with Gasteiger partial charge in [-0.05, 0) is 13.0 Å². The summed E-state index contributed by atoms with van der Waals surface area (Å²) in [6, 6.07) is 1.68. The van der Waals surface area contributed by atoms with E-state index in [1.54, 1.807) is 13.0 Å². The topological polar surface area (TPSA) is 86.5 Å². The van der Waals surface area contributed by atoms with Crippen molar-refractivity contribution in [2.75, 3.05) is 6.61 Å². The quantitative estimate of drug-likeness (QED) is 0.571. The van der Waals surface area contributed by atoms with Crippen molar-refractivity contribution >= 4 is 0 Å². The van der Waals surface area contributed by atoms with Crippen LogP contribution < -0.4 is 0 Å². The molecule has 1 rings (SSSR count). The highest BCUT2D eigenvalue weighted by Gasteiger charge is 2.19. The number of aliphatic hydroxyl groups is 3. The molecule has 0 saturated heterocycles. The molecule has 5 heteroatoms. The van der Waals surface area contributed by atoms with E-state index < -0.39 is 18.8 Å². The molecule has 0 aliphatic carbocycles. The summed E-state index contributed by atoms with van der Waals surface area (Å²) < 4.78 is 0. The van der Waals surface area contributed by atoms with E-state index >= 15 is 0 Å². The lowest BCUT2D eigenvalue weighted by Gasteiger charge is -2.13. The van der Waals surface area contributed by atoms with Crippen molar-refractivity contribution in [2.24, 2.45) is 0 Å². The third-order valence-electron chi connectivity index (χ3n) is 1.63. The Balaban J connectivity index is 2.82. The average Bonchev–Trinajstić information content (AvgIpc) is 2.15. The van der Waals surface area contributed by atoms with E-state index in [1.165, 1.54) is 6.20 Å². The Morgan fingerprint density at radius 1 is 1.46 bits per heavy atom. The van der Waals surface area contributed by atoms with Crippen LogP contribution in [-0.2, 0) is 0 Å². The molecule has 0 aliphatic heterocycles. The molecule has 3 N–H and O–H groups in total. The van der Waals surface area contributed by atoms with Crippen LogP contribution in [0.4, 0.5) is 0 Å². The smallest absolute Gasteiger partial charge is 0.159 e. The Kier molecular flexibility index (Phi) is 3.30. The molecule has 13 heavy (non-hydrogen) atoms. The van der Waals surface area contributed by atoms with E-state index in [2.05, 4.69) is 9.97 Å². The van der Waals surface area contributed by atoms with Gasteiger partial charge in [0, 0.05) is 11.9 Å². The zero-order chi connectivity index (χ0) is 9.84. The van der Waals surface area contributed by atoms with Crippen LogP contribution in [0.3, 0.4) is 0 Å². The van der Waals surface area contributed by atoms with Crippen molar-refractivity contribution in [3.05, 3.63) is 23.8 Å². The van der Waals surface area contributed by atoms with Crippen molar-refractivity contribution in [1.29, 1.82) is 0 Å². The third-order valence-corrected chi connectivity index (χ3v) is 1.63. The molecular formula is C8H12N2O3. The fourth-order valence-electron chi connectivity index (χ4n) is 0.883. The lowest BCUT2D eigenvalue weighted by molar-refractivity contribution is -0.0195. The molecule has 72 valence electrons. The zero-order valence-corrected chi connectivity index (χ0v) is 7.25. The van der Waals surface area contributed by atoms with Crippen molar-refractivity contribution in [3.63, 3.8) is 0 Å². The van der Waals surface area contributed by atoms with Gasteiger partial charge in [0.1, 0.15) is 12.2 Å². The van der Waals surface area contributed by atoms with Crippen molar-refractivity contribution in [2.45, 2.75) is 19.1 Å². The Morgan fingerprint density at radius 2 is 2.15 bits per heavy atom. The highest BCUT2D eigenvalue weighted by Crippen LogP contribution is 2.11. The maximum atomic E-state index is 9.38. The van der Waals surface area contributed by atoms with Crippen LogP contribution >= 0.6 is 0 Å². The number of hydrogen-bond acceptors (Lipinski definition) is 5. The third kappa shape index (κ3) is 2.45. The van der Waals surface area contributed by atoms with Gasteiger partial charge in [-0.2, -0.15) is 0 Å². The maximum absolute atomic E-state index is 9.38. The van der Waals surface area contributed by atoms with Crippen LogP contribution in [-0.4, -0.2) is 38.0 Å². The van der Waals surface area contributed by atoms with Crippen LogP contribution in [0.1, 0.15) is 17.6 Å². The average molecular weight is 184 g/mol. The first-order valence-electron chi connectivity index (χ1n) is 3.91. The molecule has 1 aromatic heterocycles. The zero-order valence-electron chi connectivity index (χ0n) is 7.25. The van der Waals surface area contributed by atoms with Crippen molar-refractivity contribution in [1.82, 2.24) is 9.97 Å². The van der Waals surface area contributed by atoms with E-state index in [-0.39, 0.29) is 5.82 Å². The van der Waals surface area contributed by atoms with Crippen LogP contribution in [0, 0.1) is 6.92 Å². The molecule has 0 fully saturated rings. The first-order valence-corrected chi connectivity index (χ1v) is 3.91. The SMILES string of the molecule is Cc1ccnc(C(O)C(O)CO)n1. The molecule has 2 atom stereocenters. The first-order chi connectivity index (χ1) is 6.15. The Labute approximate surface area is 75.7 Å². The number of rotatable bonds is 3. The van der Waals surface area contributed by atoms with Gasteiger partial charge in [0.05, 0.1) is 6.61 Å². The first kappa shape index (κ1) is 10.0. The summed E-state index contributed by atoms with van der Waals surface area (Å²) in [6.07, 6.45) is -0.975. The second kappa shape index (κ2) is 4.27. The van der Waals surface area contributed by atoms with Gasteiger partial charge in [0.25, 0.3) is 0 Å². The molecule has 0 bridgehead atoms. The van der Waals surface area contributed by atoms with Crippen LogP contribution in [0.25, 0.3) is 0 Å². The van der Waals surface area contributed by atoms with Gasteiger partial charge in [-0.15, -0.1) is 0 Å². The van der Waals surface area contributed by atoms with Gasteiger partial charge in [0.2, 0.25) is 0 Å². The van der Waals surface area contributed by atoms with Crippen LogP contribution in [0.15, 0.2) is 12.3 Å². The minimum atomic E-state index is -1.23. The van der Waals surface area contributed by atoms with E-state index in [0.29, 0.717) is 5.69 Å². The van der Waals surface area contributed by atoms with Gasteiger partial charge >= 0.3 is 0 Å². The summed E-state index contributed by atoms with van der Waals surface area (Å²) in [5, 5.41) is 27.0. The highest BCUT2D eigenvalue weighted by atomic mass is 16.4. The molecule has 0 amide bonds. The summed E-state index contributed by atoms with van der Waals surface area (Å²) in [6.45, 7) is 1.24. The van der Waals surface area contributed by atoms with Gasteiger partial charge in [-0.1, -0.05) is 0 Å². The molecule has 1 aromatic rings. The summed E-state index contributed by atoms with van der Waals surface area (Å²) in [4.78, 5) is 7.69. The molecule has 0 radical (unpaired) electrons. The van der Waals surface area contributed by atoms with Gasteiger partial charge in [-0.25, -0.2) is 9.97 Å². The molecule has 1 heterocycles. The molecule has 0 aliphatic rings. The maximum Gasteiger partial charge on any atom is 0.159 e. The molecule has 2 unspecified atom stereocenters. The second-order valence-corrected chi connectivity index (χ2v) is 2.75. The molecule has 0 spiro atoms. The van der Waals surface area contributed by atoms with Crippen molar-refractivity contribution < 1.29 is 15.3 Å². The molecular weight excluding hydrogens is 172 g/mol. The Bertz CT molecular complexity index is 280. The Morgan fingerprint density at radius 3 is 2.69 bits per heavy atom. The van der Waals surface area contributed by atoms with Crippen molar-refractivity contribution in [3.8, 4) is 0 Å². The van der Waals surface area contributed by atoms with Crippen LogP contribution in [0.5, 0.6) is 0 Å². The van der Waals surface area contributed by atoms with Gasteiger partial charge in [-0.3, -0.25) is 0 Å². The predicted octanol–water partition coefficient (Wildman–Crippen LogP) is -0.828. The molecule has 0 aromatic carbocycles. The highest BCUT2D eigenvalue weighted by molar-refractivity contribution is 5.02. The molecule has 5 nitrogen and oxygen atoms in total. The number of hydrogen-bond donors (Lipinski definition) is 3. The summed E-state index contributed by atoms with van der Waals surface area (Å²) in [5.74, 6) is 0.126. The largest absolute Gasteiger partial charge is 0.394 e. The van der Waals surface area contributed by atoms with E-state index in [1.807, 2.05) is 0 Å². The summed E-state index contributed by atoms with van der Waals surface area (Å²) in [5.41, 5.74) is 0.703. The predicted molar refractivity (Wildman–Crippen MR) is 44.8 cm³/mol. The standard InChI is InChI=1S/C8H12N2O3/c1-5-2-3-9-8(10-5)7(13)6(12)4-11/h2-3,6-7,11-13H,4H2,1H3. The number of nitrogens with zero attached hydrogens (tertiary/aromatic N) is 2. The van der Waals surface area contributed by atoms with E-state index in [0.717, 1.165) is 0 Å². The van der Waals surface area contributed by atoms with E-state index in [4.69, 9.17) is 10.2 Å². The molecule has 0 saturated carbocycles. The number of aryl methyl sites for hydroxylation is 1. The fraction of sp³-hybridized carbons (Fsp3) is 0.500. The minimum Gasteiger partial charge on any atom is -0.394 e. The second-order valence-electron chi connectivity index (χ2n) is 2.75. The summed E-state index contributed by atoms with van der Waals surface area (Å²) in [7, 11) is 0. The lowest BCUT2D eigenvalue weighted by atomic mass is 10.2. The lowest BCUT2D eigenvalue weighted by Crippen LogP contribution is -2.23. The number of aromatic nitrogens is 2. The fourth-order valence-corrected chi connectivity index (χ4v) is 0.883. The van der Waals surface area contributed by atoms with Gasteiger partial charge < -0.3 is 15.3 Å². The normalized spacial score (nSPS) is 15.4. The Hall–Kier alpha value is -1.04. The monoisotopic (exact) mass is 184 g/mol. The number of aliphatic hydroxyl groups excluding tert-OH is 3. The minimum absolute atomic E-state index is 0.126. The van der Waals surface area contributed by atoms with Crippen LogP contribution in [0.2, 0.25) is 0 Å². The summed E-state index contributed by atoms with van der Waals surface area (Å²) >= 11 is 0.